The van der Waals surface area contributed by atoms with Crippen LogP contribution in [0.4, 0.5) is 0 Å². The highest BCUT2D eigenvalue weighted by atomic mass is 16.5. The van der Waals surface area contributed by atoms with Gasteiger partial charge in [0, 0.05) is 6.54 Å². The van der Waals surface area contributed by atoms with Crippen molar-refractivity contribution < 1.29 is 4.74 Å². The summed E-state index contributed by atoms with van der Waals surface area (Å²) in [5.74, 6) is 0. The molecule has 0 radical (unpaired) electrons. The average Bonchev–Trinajstić information content (AvgIpc) is 2.46. The molecule has 0 aromatic carbocycles. The summed E-state index contributed by atoms with van der Waals surface area (Å²) in [7, 11) is 2.26. The lowest BCUT2D eigenvalue weighted by molar-refractivity contribution is 0.0170. The molecule has 0 bridgehead atoms. The summed E-state index contributed by atoms with van der Waals surface area (Å²) >= 11 is 0. The molecule has 20 heavy (non-hydrogen) atoms. The van der Waals surface area contributed by atoms with Gasteiger partial charge in [-0.15, -0.1) is 0 Å². The standard InChI is InChI=1S/C15H30N2O.C2H6/c1-14(2)18-13-12-17-10-6-15(7-11-17)4-8-16(3)9-5-15;1-2/h14H,4-13H2,1-3H3;1-2H3. The van der Waals surface area contributed by atoms with E-state index in [1.165, 1.54) is 51.9 Å². The van der Waals surface area contributed by atoms with Crippen LogP contribution >= 0.6 is 0 Å². The van der Waals surface area contributed by atoms with Crippen molar-refractivity contribution in [3.63, 3.8) is 0 Å². The van der Waals surface area contributed by atoms with Gasteiger partial charge in [0.05, 0.1) is 12.7 Å². The number of rotatable bonds is 4. The quantitative estimate of drug-likeness (QED) is 0.788. The third-order valence-electron chi connectivity index (χ3n) is 4.82. The van der Waals surface area contributed by atoms with E-state index in [0.717, 1.165) is 13.2 Å². The summed E-state index contributed by atoms with van der Waals surface area (Å²) in [6.07, 6.45) is 6.01. The second kappa shape index (κ2) is 9.01. The highest BCUT2D eigenvalue weighted by Crippen LogP contribution is 2.40. The van der Waals surface area contributed by atoms with Gasteiger partial charge in [-0.25, -0.2) is 0 Å². The van der Waals surface area contributed by atoms with Crippen molar-refractivity contribution in [3.8, 4) is 0 Å². The Hall–Kier alpha value is -0.120. The molecule has 0 saturated carbocycles. The maximum absolute atomic E-state index is 5.65. The van der Waals surface area contributed by atoms with Crippen molar-refractivity contribution >= 4 is 0 Å². The zero-order valence-electron chi connectivity index (χ0n) is 14.5. The molecule has 0 aromatic heterocycles. The van der Waals surface area contributed by atoms with Crippen molar-refractivity contribution in [3.05, 3.63) is 0 Å². The van der Waals surface area contributed by atoms with Crippen molar-refractivity contribution in [2.45, 2.75) is 59.5 Å². The Balaban J connectivity index is 0.000000956. The van der Waals surface area contributed by atoms with Gasteiger partial charge in [0.2, 0.25) is 0 Å². The average molecular weight is 284 g/mol. The van der Waals surface area contributed by atoms with Gasteiger partial charge < -0.3 is 14.5 Å². The van der Waals surface area contributed by atoms with Gasteiger partial charge in [0.25, 0.3) is 0 Å². The lowest BCUT2D eigenvalue weighted by Gasteiger charge is -2.46. The van der Waals surface area contributed by atoms with Crippen LogP contribution in [-0.2, 0) is 4.74 Å². The topological polar surface area (TPSA) is 15.7 Å². The molecule has 0 aliphatic carbocycles. The Labute approximate surface area is 126 Å². The zero-order valence-corrected chi connectivity index (χ0v) is 14.5. The van der Waals surface area contributed by atoms with E-state index in [4.69, 9.17) is 4.74 Å². The van der Waals surface area contributed by atoms with Gasteiger partial charge in [0.15, 0.2) is 0 Å². The number of nitrogens with zero attached hydrogens (tertiary/aromatic N) is 2. The molecule has 2 heterocycles. The van der Waals surface area contributed by atoms with Gasteiger partial charge in [-0.2, -0.15) is 0 Å². The second-order valence-electron chi connectivity index (χ2n) is 6.56. The van der Waals surface area contributed by atoms with Crippen molar-refractivity contribution in [2.75, 3.05) is 46.4 Å². The van der Waals surface area contributed by atoms with Gasteiger partial charge in [-0.1, -0.05) is 13.8 Å². The first-order valence-corrected chi connectivity index (χ1v) is 8.62. The van der Waals surface area contributed by atoms with Crippen LogP contribution in [0.2, 0.25) is 0 Å². The van der Waals surface area contributed by atoms with Crippen LogP contribution < -0.4 is 0 Å². The molecule has 120 valence electrons. The number of piperidine rings is 2. The maximum atomic E-state index is 5.65. The fraction of sp³-hybridized carbons (Fsp3) is 1.00. The molecule has 2 saturated heterocycles. The summed E-state index contributed by atoms with van der Waals surface area (Å²) in [5, 5.41) is 0. The molecule has 0 amide bonds. The second-order valence-corrected chi connectivity index (χ2v) is 6.56. The van der Waals surface area contributed by atoms with E-state index < -0.39 is 0 Å². The Morgan fingerprint density at radius 3 is 1.95 bits per heavy atom. The molecule has 3 nitrogen and oxygen atoms in total. The minimum atomic E-state index is 0.370. The fourth-order valence-electron chi connectivity index (χ4n) is 3.26. The van der Waals surface area contributed by atoms with Crippen LogP contribution in [0.3, 0.4) is 0 Å². The van der Waals surface area contributed by atoms with Crippen molar-refractivity contribution in [2.24, 2.45) is 5.41 Å². The third kappa shape index (κ3) is 5.71. The van der Waals surface area contributed by atoms with Crippen LogP contribution in [0.5, 0.6) is 0 Å². The minimum absolute atomic E-state index is 0.370. The van der Waals surface area contributed by atoms with Crippen LogP contribution in [0, 0.1) is 5.41 Å². The first-order chi connectivity index (χ1) is 9.60. The molecular weight excluding hydrogens is 248 g/mol. The lowest BCUT2D eigenvalue weighted by Crippen LogP contribution is -2.46. The van der Waals surface area contributed by atoms with Gasteiger partial charge in [-0.3, -0.25) is 0 Å². The lowest BCUT2D eigenvalue weighted by atomic mass is 9.71. The monoisotopic (exact) mass is 284 g/mol. The fourth-order valence-corrected chi connectivity index (χ4v) is 3.26. The van der Waals surface area contributed by atoms with E-state index in [9.17, 15) is 0 Å². The number of hydrogen-bond donors (Lipinski definition) is 0. The Bertz CT molecular complexity index is 237. The van der Waals surface area contributed by atoms with Gasteiger partial charge >= 0.3 is 0 Å². The van der Waals surface area contributed by atoms with Crippen molar-refractivity contribution in [1.82, 2.24) is 9.80 Å². The van der Waals surface area contributed by atoms with E-state index in [2.05, 4.69) is 30.7 Å². The Morgan fingerprint density at radius 1 is 0.950 bits per heavy atom. The van der Waals surface area contributed by atoms with Gasteiger partial charge in [-0.05, 0) is 78.2 Å². The molecule has 2 rings (SSSR count). The third-order valence-corrected chi connectivity index (χ3v) is 4.82. The van der Waals surface area contributed by atoms with E-state index >= 15 is 0 Å². The molecule has 2 aliphatic rings. The predicted octanol–water partition coefficient (Wildman–Crippen LogP) is 3.25. The molecule has 0 N–H and O–H groups in total. The van der Waals surface area contributed by atoms with E-state index in [0.29, 0.717) is 11.5 Å². The summed E-state index contributed by atoms with van der Waals surface area (Å²) in [5.41, 5.74) is 0.682. The maximum Gasteiger partial charge on any atom is 0.0596 e. The molecule has 3 heteroatoms. The number of hydrogen-bond acceptors (Lipinski definition) is 3. The van der Waals surface area contributed by atoms with Crippen molar-refractivity contribution in [1.29, 1.82) is 0 Å². The zero-order chi connectivity index (χ0) is 15.0. The SMILES string of the molecule is CC.CC(C)OCCN1CCC2(CCN(C)CC2)CC1. The largest absolute Gasteiger partial charge is 0.377 e. The summed E-state index contributed by atoms with van der Waals surface area (Å²) in [6.45, 7) is 15.4. The Kier molecular flexibility index (Phi) is 8.08. The molecular formula is C17H36N2O. The van der Waals surface area contributed by atoms with Crippen LogP contribution in [0.25, 0.3) is 0 Å². The smallest absolute Gasteiger partial charge is 0.0596 e. The molecule has 0 unspecified atom stereocenters. The first kappa shape index (κ1) is 17.9. The number of ether oxygens (including phenoxy) is 1. The van der Waals surface area contributed by atoms with Crippen LogP contribution in [0.1, 0.15) is 53.4 Å². The normalized spacial score (nSPS) is 23.7. The van der Waals surface area contributed by atoms with E-state index in [1.54, 1.807) is 0 Å². The molecule has 2 aliphatic heterocycles. The number of likely N-dealkylation sites (tertiary alicyclic amines) is 2. The van der Waals surface area contributed by atoms with E-state index in [1.807, 2.05) is 13.8 Å². The minimum Gasteiger partial charge on any atom is -0.377 e. The summed E-state index contributed by atoms with van der Waals surface area (Å²) in [4.78, 5) is 5.07. The molecule has 1 spiro atoms. The highest BCUT2D eigenvalue weighted by molar-refractivity contribution is 4.89. The first-order valence-electron chi connectivity index (χ1n) is 8.62. The highest BCUT2D eigenvalue weighted by Gasteiger charge is 2.36. The van der Waals surface area contributed by atoms with Gasteiger partial charge in [0.1, 0.15) is 0 Å². The summed E-state index contributed by atoms with van der Waals surface area (Å²) in [6, 6.07) is 0. The predicted molar refractivity (Wildman–Crippen MR) is 87.3 cm³/mol. The molecule has 0 aromatic rings. The van der Waals surface area contributed by atoms with Crippen LogP contribution in [-0.4, -0.2) is 62.3 Å². The van der Waals surface area contributed by atoms with E-state index in [-0.39, 0.29) is 0 Å². The Morgan fingerprint density at radius 2 is 1.45 bits per heavy atom. The summed E-state index contributed by atoms with van der Waals surface area (Å²) < 4.78 is 5.65. The molecule has 2 fully saturated rings. The van der Waals surface area contributed by atoms with Crippen LogP contribution in [0.15, 0.2) is 0 Å². The molecule has 0 atom stereocenters.